The summed E-state index contributed by atoms with van der Waals surface area (Å²) < 4.78 is 0. The average Bonchev–Trinajstić information content (AvgIpc) is 2.83. The minimum Gasteiger partial charge on any atom is -0.248 e. The number of hydrogen-bond acceptors (Lipinski definition) is 4. The molecule has 0 unspecified atom stereocenters. The molecule has 4 heterocycles. The van der Waals surface area contributed by atoms with E-state index in [1.54, 1.807) is 24.8 Å². The van der Waals surface area contributed by atoms with Gasteiger partial charge >= 0.3 is 0 Å². The van der Waals surface area contributed by atoms with E-state index in [1.807, 2.05) is 60.7 Å². The summed E-state index contributed by atoms with van der Waals surface area (Å²) in [5.41, 5.74) is 4.37. The zero-order valence-electron chi connectivity index (χ0n) is 15.9. The molecular formula is C26H14N4. The highest BCUT2D eigenvalue weighted by Crippen LogP contribution is 2.02. The molecule has 0 N–H and O–H groups in total. The Bertz CT molecular complexity index is 1200. The summed E-state index contributed by atoms with van der Waals surface area (Å²) in [5, 5.41) is 0. The van der Waals surface area contributed by atoms with Gasteiger partial charge in [0, 0.05) is 35.9 Å². The first-order chi connectivity index (χ1) is 14.8. The van der Waals surface area contributed by atoms with Gasteiger partial charge in [-0.1, -0.05) is 24.0 Å². The molecule has 0 aliphatic heterocycles. The molecule has 0 amide bonds. The first-order valence-corrected chi connectivity index (χ1v) is 9.15. The van der Waals surface area contributed by atoms with Crippen LogP contribution in [0.2, 0.25) is 0 Å². The van der Waals surface area contributed by atoms with Crippen LogP contribution in [0.1, 0.15) is 33.9 Å². The smallest absolute Gasteiger partial charge is 0.113 e. The summed E-state index contributed by atoms with van der Waals surface area (Å²) in [7, 11) is 0. The van der Waals surface area contributed by atoms with Gasteiger partial charge < -0.3 is 0 Å². The lowest BCUT2D eigenvalue weighted by atomic mass is 10.2. The van der Waals surface area contributed by atoms with Gasteiger partial charge in [0.15, 0.2) is 0 Å². The highest BCUT2D eigenvalue weighted by atomic mass is 14.7. The Morgan fingerprint density at radius 1 is 0.400 bits per heavy atom. The molecule has 4 nitrogen and oxygen atoms in total. The first kappa shape index (κ1) is 18.6. The summed E-state index contributed by atoms with van der Waals surface area (Å²) in [5.74, 6) is 18.1. The zero-order valence-corrected chi connectivity index (χ0v) is 15.9. The van der Waals surface area contributed by atoms with Crippen molar-refractivity contribution in [3.63, 3.8) is 0 Å². The first-order valence-electron chi connectivity index (χ1n) is 9.15. The molecule has 4 aromatic heterocycles. The van der Waals surface area contributed by atoms with E-state index in [2.05, 4.69) is 55.5 Å². The predicted molar refractivity (Wildman–Crippen MR) is 115 cm³/mol. The predicted octanol–water partition coefficient (Wildman–Crippen LogP) is 3.47. The molecule has 0 fully saturated rings. The summed E-state index contributed by atoms with van der Waals surface area (Å²) >= 11 is 0. The zero-order chi connectivity index (χ0) is 20.4. The maximum Gasteiger partial charge on any atom is 0.113 e. The standard InChI is InChI=1S/C26H14N4/c1-3-17-27-23(5-1)13-15-25-11-9-21(19-29-25)7-8-22-10-12-26(30-20-22)16-14-24-6-2-4-18-28-24/h1-6,9-12,17-20H. The normalized spacial score (nSPS) is 9.20. The monoisotopic (exact) mass is 382 g/mol. The molecule has 0 aromatic carbocycles. The second-order valence-electron chi connectivity index (χ2n) is 6.04. The van der Waals surface area contributed by atoms with E-state index < -0.39 is 0 Å². The van der Waals surface area contributed by atoms with Gasteiger partial charge in [0.05, 0.1) is 0 Å². The van der Waals surface area contributed by atoms with Gasteiger partial charge in [-0.05, 0) is 72.2 Å². The van der Waals surface area contributed by atoms with E-state index in [0.29, 0.717) is 22.8 Å². The van der Waals surface area contributed by atoms with Gasteiger partial charge in [-0.15, -0.1) is 0 Å². The van der Waals surface area contributed by atoms with E-state index in [4.69, 9.17) is 0 Å². The molecule has 0 saturated heterocycles. The van der Waals surface area contributed by atoms with Crippen molar-refractivity contribution >= 4 is 0 Å². The summed E-state index contributed by atoms with van der Waals surface area (Å²) in [6.07, 6.45) is 6.83. The number of rotatable bonds is 0. The molecule has 30 heavy (non-hydrogen) atoms. The molecule has 0 bridgehead atoms. The van der Waals surface area contributed by atoms with Crippen molar-refractivity contribution in [1.29, 1.82) is 0 Å². The molecule has 0 spiro atoms. The van der Waals surface area contributed by atoms with Crippen LogP contribution in [0.5, 0.6) is 0 Å². The Morgan fingerprint density at radius 3 is 1.17 bits per heavy atom. The van der Waals surface area contributed by atoms with Crippen molar-refractivity contribution in [3.8, 4) is 35.5 Å². The Hall–Kier alpha value is -4.72. The quantitative estimate of drug-likeness (QED) is 0.437. The fourth-order valence-corrected chi connectivity index (χ4v) is 2.36. The second kappa shape index (κ2) is 9.47. The van der Waals surface area contributed by atoms with Gasteiger partial charge in [0.25, 0.3) is 0 Å². The van der Waals surface area contributed by atoms with Crippen LogP contribution in [0, 0.1) is 35.5 Å². The van der Waals surface area contributed by atoms with Crippen molar-refractivity contribution in [2.75, 3.05) is 0 Å². The second-order valence-corrected chi connectivity index (χ2v) is 6.04. The van der Waals surface area contributed by atoms with Crippen LogP contribution in [-0.2, 0) is 0 Å². The minimum absolute atomic E-state index is 0.670. The van der Waals surface area contributed by atoms with Crippen molar-refractivity contribution < 1.29 is 0 Å². The Morgan fingerprint density at radius 2 is 0.833 bits per heavy atom. The van der Waals surface area contributed by atoms with E-state index in [9.17, 15) is 0 Å². The summed E-state index contributed by atoms with van der Waals surface area (Å²) in [4.78, 5) is 17.0. The van der Waals surface area contributed by atoms with E-state index in [0.717, 1.165) is 11.1 Å². The lowest BCUT2D eigenvalue weighted by Crippen LogP contribution is -1.86. The number of nitrogens with zero attached hydrogens (tertiary/aromatic N) is 4. The Kier molecular flexibility index (Phi) is 5.88. The number of pyridine rings is 4. The third-order valence-corrected chi connectivity index (χ3v) is 3.85. The molecule has 0 aliphatic rings. The van der Waals surface area contributed by atoms with Crippen molar-refractivity contribution in [2.24, 2.45) is 0 Å². The highest BCUT2D eigenvalue weighted by molar-refractivity contribution is 5.45. The van der Waals surface area contributed by atoms with Crippen LogP contribution in [0.4, 0.5) is 0 Å². The highest BCUT2D eigenvalue weighted by Gasteiger charge is 1.93. The van der Waals surface area contributed by atoms with E-state index in [1.165, 1.54) is 0 Å². The van der Waals surface area contributed by atoms with Crippen LogP contribution < -0.4 is 0 Å². The van der Waals surface area contributed by atoms with Gasteiger partial charge in [-0.2, -0.15) is 0 Å². The maximum atomic E-state index is 4.33. The minimum atomic E-state index is 0.670. The topological polar surface area (TPSA) is 51.6 Å². The summed E-state index contributed by atoms with van der Waals surface area (Å²) in [6.45, 7) is 0. The largest absolute Gasteiger partial charge is 0.248 e. The maximum absolute atomic E-state index is 4.33. The molecule has 4 rings (SSSR count). The molecule has 0 radical (unpaired) electrons. The fraction of sp³-hybridized carbons (Fsp3) is 0. The molecule has 0 aliphatic carbocycles. The molecule has 0 atom stereocenters. The summed E-state index contributed by atoms with van der Waals surface area (Å²) in [6, 6.07) is 18.7. The number of aromatic nitrogens is 4. The van der Waals surface area contributed by atoms with Crippen LogP contribution in [0.3, 0.4) is 0 Å². The Balaban J connectivity index is 1.41. The van der Waals surface area contributed by atoms with Gasteiger partial charge in [0.1, 0.15) is 22.8 Å². The van der Waals surface area contributed by atoms with Crippen LogP contribution >= 0.6 is 0 Å². The molecule has 4 heteroatoms. The van der Waals surface area contributed by atoms with Gasteiger partial charge in [0.2, 0.25) is 0 Å². The third kappa shape index (κ3) is 5.40. The van der Waals surface area contributed by atoms with Crippen molar-refractivity contribution in [3.05, 3.63) is 119 Å². The average molecular weight is 382 g/mol. The van der Waals surface area contributed by atoms with Crippen LogP contribution in [0.15, 0.2) is 85.5 Å². The lowest BCUT2D eigenvalue weighted by molar-refractivity contribution is 1.26. The van der Waals surface area contributed by atoms with Crippen molar-refractivity contribution in [2.45, 2.75) is 0 Å². The lowest BCUT2D eigenvalue weighted by Gasteiger charge is -1.93. The SMILES string of the molecule is C(#Cc1ccc(C#Cc2ccccn2)nc1)c1ccc(C#Cc2ccccn2)nc1. The fourth-order valence-electron chi connectivity index (χ4n) is 2.36. The van der Waals surface area contributed by atoms with Gasteiger partial charge in [-0.25, -0.2) is 19.9 Å². The van der Waals surface area contributed by atoms with E-state index >= 15 is 0 Å². The molecular weight excluding hydrogens is 368 g/mol. The van der Waals surface area contributed by atoms with Crippen LogP contribution in [0.25, 0.3) is 0 Å². The molecule has 4 aromatic rings. The van der Waals surface area contributed by atoms with Crippen molar-refractivity contribution in [1.82, 2.24) is 19.9 Å². The molecule has 138 valence electrons. The van der Waals surface area contributed by atoms with E-state index in [-0.39, 0.29) is 0 Å². The molecule has 0 saturated carbocycles. The van der Waals surface area contributed by atoms with Gasteiger partial charge in [-0.3, -0.25) is 0 Å². The number of hydrogen-bond donors (Lipinski definition) is 0. The Labute approximate surface area is 175 Å². The third-order valence-electron chi connectivity index (χ3n) is 3.85. The van der Waals surface area contributed by atoms with Crippen LogP contribution in [-0.4, -0.2) is 19.9 Å².